The molecule has 0 bridgehead atoms. The zero-order chi connectivity index (χ0) is 13.9. The zero-order valence-corrected chi connectivity index (χ0v) is 11.2. The first kappa shape index (κ1) is 14.8. The third kappa shape index (κ3) is 3.90. The second-order valence-corrected chi connectivity index (χ2v) is 5.72. The summed E-state index contributed by atoms with van der Waals surface area (Å²) in [6.45, 7) is 1.66. The summed E-state index contributed by atoms with van der Waals surface area (Å²) in [4.78, 5) is 23.2. The molecule has 0 aliphatic rings. The van der Waals surface area contributed by atoms with Crippen LogP contribution in [0.1, 0.15) is 34.1 Å². The molecule has 7 heteroatoms. The van der Waals surface area contributed by atoms with E-state index in [0.717, 1.165) is 0 Å². The van der Waals surface area contributed by atoms with Gasteiger partial charge in [0.2, 0.25) is 10.0 Å². The Morgan fingerprint density at radius 3 is 2.39 bits per heavy atom. The van der Waals surface area contributed by atoms with Crippen molar-refractivity contribution < 1.29 is 18.0 Å². The summed E-state index contributed by atoms with van der Waals surface area (Å²) < 4.78 is 21.6. The Morgan fingerprint density at radius 2 is 1.89 bits per heavy atom. The Labute approximate surface area is 110 Å². The Balaban J connectivity index is 3.13. The first-order valence-corrected chi connectivity index (χ1v) is 7.20. The highest BCUT2D eigenvalue weighted by molar-refractivity contribution is 7.89. The van der Waals surface area contributed by atoms with Gasteiger partial charge in [-0.1, -0.05) is 18.5 Å². The molecule has 18 heavy (non-hydrogen) atoms. The van der Waals surface area contributed by atoms with Crippen LogP contribution < -0.4 is 5.14 Å². The van der Waals surface area contributed by atoms with Crippen LogP contribution in [0, 0.1) is 0 Å². The Hall–Kier alpha value is -1.24. The van der Waals surface area contributed by atoms with Crippen LogP contribution in [0.4, 0.5) is 0 Å². The van der Waals surface area contributed by atoms with Gasteiger partial charge in [-0.05, 0) is 18.2 Å². The van der Waals surface area contributed by atoms with E-state index in [4.69, 9.17) is 16.7 Å². The summed E-state index contributed by atoms with van der Waals surface area (Å²) in [7, 11) is -3.89. The molecule has 1 aromatic carbocycles. The van der Waals surface area contributed by atoms with Crippen molar-refractivity contribution in [2.75, 3.05) is 5.75 Å². The molecule has 1 rings (SSSR count). The van der Waals surface area contributed by atoms with Crippen LogP contribution in [0.25, 0.3) is 0 Å². The second kappa shape index (κ2) is 5.60. The Bertz CT molecular complexity index is 595. The molecule has 5 nitrogen and oxygen atoms in total. The number of halogens is 1. The third-order valence-electron chi connectivity index (χ3n) is 2.24. The number of hydrogen-bond donors (Lipinski definition) is 1. The van der Waals surface area contributed by atoms with Crippen LogP contribution in [0.3, 0.4) is 0 Å². The molecule has 0 radical (unpaired) electrons. The highest BCUT2D eigenvalue weighted by atomic mass is 35.5. The minimum Gasteiger partial charge on any atom is -0.294 e. The summed E-state index contributed by atoms with van der Waals surface area (Å²) in [5, 5.41) is 5.02. The maximum atomic E-state index is 11.6. The van der Waals surface area contributed by atoms with Gasteiger partial charge in [-0.2, -0.15) is 0 Å². The van der Waals surface area contributed by atoms with Crippen molar-refractivity contribution in [2.45, 2.75) is 13.3 Å². The number of primary sulfonamides is 1. The largest absolute Gasteiger partial charge is 0.294 e. The predicted molar refractivity (Wildman–Crippen MR) is 68.4 cm³/mol. The molecular formula is C11H12ClNO4S. The molecule has 0 unspecified atom stereocenters. The van der Waals surface area contributed by atoms with Gasteiger partial charge >= 0.3 is 0 Å². The van der Waals surface area contributed by atoms with Gasteiger partial charge in [-0.25, -0.2) is 13.6 Å². The summed E-state index contributed by atoms with van der Waals surface area (Å²) in [6, 6.07) is 4.05. The Morgan fingerprint density at radius 1 is 1.28 bits per heavy atom. The predicted octanol–water partition coefficient (Wildman–Crippen LogP) is 1.40. The fraction of sp³-hybridized carbons (Fsp3) is 0.273. The molecule has 0 heterocycles. The van der Waals surface area contributed by atoms with Crippen molar-refractivity contribution in [3.8, 4) is 0 Å². The molecule has 98 valence electrons. The topological polar surface area (TPSA) is 94.3 Å². The first-order valence-electron chi connectivity index (χ1n) is 5.11. The molecule has 0 aliphatic carbocycles. The number of nitrogens with two attached hydrogens (primary N) is 1. The van der Waals surface area contributed by atoms with Gasteiger partial charge in [-0.15, -0.1) is 0 Å². The number of carbonyl (C=O) groups excluding carboxylic acids is 2. The minimum atomic E-state index is -3.89. The van der Waals surface area contributed by atoms with E-state index in [0.29, 0.717) is 0 Å². The lowest BCUT2D eigenvalue weighted by atomic mass is 10.0. The van der Waals surface area contributed by atoms with Gasteiger partial charge < -0.3 is 0 Å². The molecule has 0 spiro atoms. The van der Waals surface area contributed by atoms with Gasteiger partial charge in [0.1, 0.15) is 5.75 Å². The molecule has 0 saturated heterocycles. The Kier molecular flexibility index (Phi) is 4.61. The molecule has 0 fully saturated rings. The molecule has 0 aliphatic heterocycles. The van der Waals surface area contributed by atoms with Crippen molar-refractivity contribution >= 4 is 33.2 Å². The highest BCUT2D eigenvalue weighted by Gasteiger charge is 2.16. The lowest BCUT2D eigenvalue weighted by Crippen LogP contribution is -2.23. The normalized spacial score (nSPS) is 11.3. The van der Waals surface area contributed by atoms with E-state index in [1.807, 2.05) is 0 Å². The van der Waals surface area contributed by atoms with E-state index >= 15 is 0 Å². The third-order valence-corrected chi connectivity index (χ3v) is 3.24. The van der Waals surface area contributed by atoms with Crippen molar-refractivity contribution in [3.05, 3.63) is 34.3 Å². The van der Waals surface area contributed by atoms with Crippen LogP contribution >= 0.6 is 11.6 Å². The van der Waals surface area contributed by atoms with Gasteiger partial charge in [0.05, 0.1) is 5.02 Å². The SMILES string of the molecule is CCC(=O)c1cc(C(=O)CS(N)(=O)=O)ccc1Cl. The molecule has 0 amide bonds. The molecule has 0 aromatic heterocycles. The van der Waals surface area contributed by atoms with E-state index in [1.165, 1.54) is 18.2 Å². The lowest BCUT2D eigenvalue weighted by molar-refractivity contribution is 0.0988. The monoisotopic (exact) mass is 289 g/mol. The quantitative estimate of drug-likeness (QED) is 0.829. The number of carbonyl (C=O) groups is 2. The number of ketones is 2. The molecular weight excluding hydrogens is 278 g/mol. The second-order valence-electron chi connectivity index (χ2n) is 3.70. The highest BCUT2D eigenvalue weighted by Crippen LogP contribution is 2.19. The van der Waals surface area contributed by atoms with Gasteiger partial charge in [0, 0.05) is 17.5 Å². The molecule has 0 atom stereocenters. The zero-order valence-electron chi connectivity index (χ0n) is 9.64. The molecule has 0 saturated carbocycles. The van der Waals surface area contributed by atoms with E-state index in [-0.39, 0.29) is 28.4 Å². The van der Waals surface area contributed by atoms with Gasteiger partial charge in [0.15, 0.2) is 11.6 Å². The first-order chi connectivity index (χ1) is 8.24. The fourth-order valence-electron chi connectivity index (χ4n) is 1.37. The number of benzene rings is 1. The molecule has 1 aromatic rings. The number of rotatable bonds is 5. The van der Waals surface area contributed by atoms with Gasteiger partial charge in [-0.3, -0.25) is 9.59 Å². The van der Waals surface area contributed by atoms with Crippen LogP contribution in [-0.2, 0) is 10.0 Å². The molecule has 2 N–H and O–H groups in total. The van der Waals surface area contributed by atoms with E-state index in [1.54, 1.807) is 6.92 Å². The average Bonchev–Trinajstić information content (AvgIpc) is 2.26. The van der Waals surface area contributed by atoms with Crippen LogP contribution in [-0.4, -0.2) is 25.7 Å². The summed E-state index contributed by atoms with van der Waals surface area (Å²) >= 11 is 5.83. The average molecular weight is 290 g/mol. The van der Waals surface area contributed by atoms with Crippen LogP contribution in [0.5, 0.6) is 0 Å². The number of sulfonamides is 1. The van der Waals surface area contributed by atoms with E-state index in [9.17, 15) is 18.0 Å². The smallest absolute Gasteiger partial charge is 0.216 e. The minimum absolute atomic E-state index is 0.102. The summed E-state index contributed by atoms with van der Waals surface area (Å²) in [6.07, 6.45) is 0.243. The summed E-state index contributed by atoms with van der Waals surface area (Å²) in [5.41, 5.74) is 0.310. The van der Waals surface area contributed by atoms with Crippen molar-refractivity contribution in [1.82, 2.24) is 0 Å². The number of Topliss-reactive ketones (excluding diaryl/α,β-unsaturated/α-hetero) is 2. The fourth-order valence-corrected chi connectivity index (χ4v) is 2.12. The van der Waals surface area contributed by atoms with Gasteiger partial charge in [0.25, 0.3) is 0 Å². The standard InChI is InChI=1S/C11H12ClNO4S/c1-2-10(14)8-5-7(3-4-9(8)12)11(15)6-18(13,16)17/h3-5H,2,6H2,1H3,(H2,13,16,17). The van der Waals surface area contributed by atoms with E-state index in [2.05, 4.69) is 0 Å². The van der Waals surface area contributed by atoms with Crippen LogP contribution in [0.15, 0.2) is 18.2 Å². The summed E-state index contributed by atoms with van der Waals surface area (Å²) in [5.74, 6) is -1.68. The lowest BCUT2D eigenvalue weighted by Gasteiger charge is -2.05. The van der Waals surface area contributed by atoms with Crippen molar-refractivity contribution in [2.24, 2.45) is 5.14 Å². The number of hydrogen-bond acceptors (Lipinski definition) is 4. The maximum Gasteiger partial charge on any atom is 0.216 e. The van der Waals surface area contributed by atoms with E-state index < -0.39 is 21.6 Å². The van der Waals surface area contributed by atoms with Crippen molar-refractivity contribution in [3.63, 3.8) is 0 Å². The van der Waals surface area contributed by atoms with Crippen molar-refractivity contribution in [1.29, 1.82) is 0 Å². The maximum absolute atomic E-state index is 11.6. The van der Waals surface area contributed by atoms with Crippen LogP contribution in [0.2, 0.25) is 5.02 Å².